The van der Waals surface area contributed by atoms with E-state index in [9.17, 15) is 4.39 Å². The van der Waals surface area contributed by atoms with Crippen molar-refractivity contribution < 1.29 is 4.39 Å². The molecule has 0 spiro atoms. The third-order valence-corrected chi connectivity index (χ3v) is 3.99. The minimum Gasteiger partial charge on any atom is -0.381 e. The second-order valence-corrected chi connectivity index (χ2v) is 5.44. The van der Waals surface area contributed by atoms with E-state index >= 15 is 0 Å². The molecule has 3 aromatic rings. The predicted molar refractivity (Wildman–Crippen MR) is 84.5 cm³/mol. The number of nitrogens with zero attached hydrogens (tertiary/aromatic N) is 1. The maximum Gasteiger partial charge on any atom is 0.146 e. The fourth-order valence-corrected chi connectivity index (χ4v) is 2.78. The molecule has 0 aliphatic rings. The van der Waals surface area contributed by atoms with Crippen LogP contribution in [0.3, 0.4) is 0 Å². The fourth-order valence-electron chi connectivity index (χ4n) is 2.30. The zero-order valence-electron chi connectivity index (χ0n) is 10.8. The van der Waals surface area contributed by atoms with E-state index in [-0.39, 0.29) is 5.82 Å². The Morgan fingerprint density at radius 2 is 1.90 bits per heavy atom. The van der Waals surface area contributed by atoms with Gasteiger partial charge in [0.25, 0.3) is 0 Å². The highest BCUT2D eigenvalue weighted by molar-refractivity contribution is 9.10. The van der Waals surface area contributed by atoms with Crippen LogP contribution >= 0.6 is 15.9 Å². The van der Waals surface area contributed by atoms with Crippen molar-refractivity contribution in [3.05, 3.63) is 65.0 Å². The van der Waals surface area contributed by atoms with Crippen molar-refractivity contribution in [3.8, 4) is 0 Å². The summed E-state index contributed by atoms with van der Waals surface area (Å²) in [6.07, 6.45) is 2.05. The summed E-state index contributed by atoms with van der Waals surface area (Å²) in [7, 11) is 0. The van der Waals surface area contributed by atoms with Gasteiger partial charge in [-0.05, 0) is 30.3 Å². The van der Waals surface area contributed by atoms with Gasteiger partial charge in [0.1, 0.15) is 5.82 Å². The summed E-state index contributed by atoms with van der Waals surface area (Å²) in [6, 6.07) is 15.0. The van der Waals surface area contributed by atoms with Gasteiger partial charge in [-0.1, -0.05) is 34.1 Å². The summed E-state index contributed by atoms with van der Waals surface area (Å²) in [5.74, 6) is -0.215. The average Bonchev–Trinajstić information content (AvgIpc) is 2.86. The zero-order chi connectivity index (χ0) is 13.9. The average molecular weight is 333 g/mol. The van der Waals surface area contributed by atoms with Crippen LogP contribution in [0.1, 0.15) is 0 Å². The van der Waals surface area contributed by atoms with Crippen molar-refractivity contribution in [2.24, 2.45) is 0 Å². The van der Waals surface area contributed by atoms with Crippen LogP contribution in [0.5, 0.6) is 0 Å². The molecule has 1 N–H and O–H groups in total. The number of para-hydroxylation sites is 1. The number of rotatable bonds is 4. The second kappa shape index (κ2) is 5.67. The number of benzene rings is 2. The lowest BCUT2D eigenvalue weighted by Crippen LogP contribution is -2.10. The topological polar surface area (TPSA) is 17.0 Å². The van der Waals surface area contributed by atoms with Crippen LogP contribution in [0.25, 0.3) is 10.9 Å². The van der Waals surface area contributed by atoms with Crippen molar-refractivity contribution >= 4 is 32.5 Å². The molecule has 0 aliphatic heterocycles. The van der Waals surface area contributed by atoms with Gasteiger partial charge in [-0.25, -0.2) is 4.39 Å². The molecule has 2 nitrogen and oxygen atoms in total. The SMILES string of the molecule is Fc1ccccc1NCCn1ccc2c(Br)cccc21. The molecule has 0 saturated heterocycles. The van der Waals surface area contributed by atoms with Crippen molar-refractivity contribution in [2.45, 2.75) is 6.54 Å². The monoisotopic (exact) mass is 332 g/mol. The molecule has 102 valence electrons. The molecule has 0 unspecified atom stereocenters. The minimum atomic E-state index is -0.215. The summed E-state index contributed by atoms with van der Waals surface area (Å²) in [6.45, 7) is 1.46. The molecule has 3 rings (SSSR count). The first-order valence-corrected chi connectivity index (χ1v) is 7.27. The Bertz CT molecular complexity index is 736. The molecular weight excluding hydrogens is 319 g/mol. The first-order valence-electron chi connectivity index (χ1n) is 6.47. The quantitative estimate of drug-likeness (QED) is 0.735. The largest absolute Gasteiger partial charge is 0.381 e. The van der Waals surface area contributed by atoms with E-state index in [4.69, 9.17) is 0 Å². The third-order valence-electron chi connectivity index (χ3n) is 3.30. The van der Waals surface area contributed by atoms with Gasteiger partial charge in [-0.2, -0.15) is 0 Å². The van der Waals surface area contributed by atoms with Crippen molar-refractivity contribution in [1.82, 2.24) is 4.57 Å². The van der Waals surface area contributed by atoms with E-state index in [0.717, 1.165) is 11.0 Å². The van der Waals surface area contributed by atoms with Crippen LogP contribution in [0.4, 0.5) is 10.1 Å². The summed E-state index contributed by atoms with van der Waals surface area (Å²) in [5, 5.41) is 4.32. The predicted octanol–water partition coefficient (Wildman–Crippen LogP) is 4.66. The molecule has 0 radical (unpaired) electrons. The van der Waals surface area contributed by atoms with Crippen LogP contribution in [-0.2, 0) is 6.54 Å². The molecule has 0 fully saturated rings. The molecule has 1 heterocycles. The zero-order valence-corrected chi connectivity index (χ0v) is 12.4. The van der Waals surface area contributed by atoms with Crippen LogP contribution in [0.15, 0.2) is 59.2 Å². The van der Waals surface area contributed by atoms with Crippen molar-refractivity contribution in [2.75, 3.05) is 11.9 Å². The molecule has 0 amide bonds. The second-order valence-electron chi connectivity index (χ2n) is 4.59. The van der Waals surface area contributed by atoms with E-state index < -0.39 is 0 Å². The lowest BCUT2D eigenvalue weighted by molar-refractivity contribution is 0.628. The molecule has 4 heteroatoms. The molecule has 2 aromatic carbocycles. The van der Waals surface area contributed by atoms with E-state index in [1.54, 1.807) is 12.1 Å². The maximum atomic E-state index is 13.5. The number of anilines is 1. The Labute approximate surface area is 125 Å². The third kappa shape index (κ3) is 2.56. The number of fused-ring (bicyclic) bond motifs is 1. The van der Waals surface area contributed by atoms with E-state index in [2.05, 4.69) is 44.1 Å². The summed E-state index contributed by atoms with van der Waals surface area (Å²) >= 11 is 3.55. The van der Waals surface area contributed by atoms with Gasteiger partial charge in [-0.15, -0.1) is 0 Å². The number of halogens is 2. The maximum absolute atomic E-state index is 13.5. The highest BCUT2D eigenvalue weighted by Crippen LogP contribution is 2.24. The standard InChI is InChI=1S/C16H14BrFN2/c17-13-4-3-7-16-12(13)8-10-20(16)11-9-19-15-6-2-1-5-14(15)18/h1-8,10,19H,9,11H2. The molecule has 20 heavy (non-hydrogen) atoms. The Balaban J connectivity index is 1.72. The van der Waals surface area contributed by atoms with E-state index in [0.29, 0.717) is 12.2 Å². The van der Waals surface area contributed by atoms with Gasteiger partial charge in [-0.3, -0.25) is 0 Å². The van der Waals surface area contributed by atoms with Crippen molar-refractivity contribution in [3.63, 3.8) is 0 Å². The number of aromatic nitrogens is 1. The van der Waals surface area contributed by atoms with Crippen LogP contribution in [-0.4, -0.2) is 11.1 Å². The van der Waals surface area contributed by atoms with Crippen LogP contribution in [0, 0.1) is 5.82 Å². The first-order chi connectivity index (χ1) is 9.75. The van der Waals surface area contributed by atoms with E-state index in [1.807, 2.05) is 18.2 Å². The fraction of sp³-hybridized carbons (Fsp3) is 0.125. The van der Waals surface area contributed by atoms with Crippen LogP contribution < -0.4 is 5.32 Å². The number of hydrogen-bond donors (Lipinski definition) is 1. The lowest BCUT2D eigenvalue weighted by Gasteiger charge is -2.09. The smallest absolute Gasteiger partial charge is 0.146 e. The summed E-state index contributed by atoms with van der Waals surface area (Å²) in [5.41, 5.74) is 1.72. The highest BCUT2D eigenvalue weighted by atomic mass is 79.9. The van der Waals surface area contributed by atoms with Gasteiger partial charge in [0, 0.05) is 34.7 Å². The molecule has 1 aromatic heterocycles. The van der Waals surface area contributed by atoms with Gasteiger partial charge in [0.2, 0.25) is 0 Å². The molecule has 0 aliphatic carbocycles. The Kier molecular flexibility index (Phi) is 3.74. The normalized spacial score (nSPS) is 10.9. The van der Waals surface area contributed by atoms with Gasteiger partial charge < -0.3 is 9.88 Å². The highest BCUT2D eigenvalue weighted by Gasteiger charge is 2.04. The van der Waals surface area contributed by atoms with Crippen molar-refractivity contribution in [1.29, 1.82) is 0 Å². The molecule has 0 saturated carbocycles. The summed E-state index contributed by atoms with van der Waals surface area (Å²) < 4.78 is 16.7. The number of hydrogen-bond acceptors (Lipinski definition) is 1. The van der Waals surface area contributed by atoms with E-state index in [1.165, 1.54) is 17.0 Å². The molecule has 0 atom stereocenters. The Morgan fingerprint density at radius 3 is 2.75 bits per heavy atom. The first kappa shape index (κ1) is 13.2. The minimum absolute atomic E-state index is 0.215. The van der Waals surface area contributed by atoms with Gasteiger partial charge in [0.15, 0.2) is 0 Å². The molecular formula is C16H14BrFN2. The summed E-state index contributed by atoms with van der Waals surface area (Å²) in [4.78, 5) is 0. The van der Waals surface area contributed by atoms with Crippen LogP contribution in [0.2, 0.25) is 0 Å². The van der Waals surface area contributed by atoms with Gasteiger partial charge >= 0.3 is 0 Å². The number of nitrogens with one attached hydrogen (secondary N) is 1. The lowest BCUT2D eigenvalue weighted by atomic mass is 10.2. The van der Waals surface area contributed by atoms with Gasteiger partial charge in [0.05, 0.1) is 5.69 Å². The molecule has 0 bridgehead atoms. The Hall–Kier alpha value is -1.81. The Morgan fingerprint density at radius 1 is 1.05 bits per heavy atom.